The zero-order valence-electron chi connectivity index (χ0n) is 14.6. The summed E-state index contributed by atoms with van der Waals surface area (Å²) in [6, 6.07) is 19.1. The van der Waals surface area contributed by atoms with Crippen LogP contribution in [0.1, 0.15) is 10.4 Å². The number of carbonyl (C=O) groups excluding carboxylic acids is 1. The molecule has 2 aliphatic rings. The third kappa shape index (κ3) is 3.04. The molecule has 0 radical (unpaired) electrons. The van der Waals surface area contributed by atoms with E-state index in [1.54, 1.807) is 12.1 Å². The minimum absolute atomic E-state index is 0.000696. The SMILES string of the molecule is O=C(Nc1ccc2ccccc2c1)c1ccc2c(c1)SC1=NS(=O)(=O)CCN12. The fourth-order valence-electron chi connectivity index (χ4n) is 3.34. The highest BCUT2D eigenvalue weighted by Crippen LogP contribution is 2.42. The molecule has 28 heavy (non-hydrogen) atoms. The quantitative estimate of drug-likeness (QED) is 0.698. The Balaban J connectivity index is 1.41. The molecule has 8 heteroatoms. The molecule has 140 valence electrons. The molecule has 3 aromatic carbocycles. The van der Waals surface area contributed by atoms with Crippen LogP contribution in [0.5, 0.6) is 0 Å². The van der Waals surface area contributed by atoms with Gasteiger partial charge in [-0.3, -0.25) is 4.79 Å². The number of thioether (sulfide) groups is 1. The van der Waals surface area contributed by atoms with Gasteiger partial charge in [-0.05, 0) is 52.9 Å². The molecular formula is C20H15N3O3S2. The van der Waals surface area contributed by atoms with Crippen molar-refractivity contribution in [2.75, 3.05) is 22.5 Å². The molecule has 0 spiro atoms. The first-order chi connectivity index (χ1) is 13.5. The van der Waals surface area contributed by atoms with Crippen LogP contribution in [-0.4, -0.2) is 31.8 Å². The van der Waals surface area contributed by atoms with Gasteiger partial charge in [0.15, 0.2) is 5.17 Å². The molecule has 1 amide bonds. The number of hydrogen-bond donors (Lipinski definition) is 1. The van der Waals surface area contributed by atoms with Gasteiger partial charge in [0.1, 0.15) is 0 Å². The first kappa shape index (κ1) is 17.3. The van der Waals surface area contributed by atoms with Gasteiger partial charge in [-0.25, -0.2) is 8.42 Å². The fraction of sp³-hybridized carbons (Fsp3) is 0.100. The van der Waals surface area contributed by atoms with Crippen molar-refractivity contribution >= 4 is 55.0 Å². The molecule has 0 unspecified atom stereocenters. The van der Waals surface area contributed by atoms with Gasteiger partial charge in [0, 0.05) is 22.7 Å². The number of rotatable bonds is 2. The Morgan fingerprint density at radius 2 is 1.86 bits per heavy atom. The Bertz CT molecular complexity index is 1270. The van der Waals surface area contributed by atoms with Crippen LogP contribution in [0.2, 0.25) is 0 Å². The number of nitrogens with one attached hydrogen (secondary N) is 1. The van der Waals surface area contributed by atoms with E-state index in [4.69, 9.17) is 0 Å². The van der Waals surface area contributed by atoms with Crippen molar-refractivity contribution < 1.29 is 13.2 Å². The number of carbonyl (C=O) groups is 1. The molecule has 0 aliphatic carbocycles. The van der Waals surface area contributed by atoms with Gasteiger partial charge in [0.2, 0.25) is 0 Å². The van der Waals surface area contributed by atoms with Crippen molar-refractivity contribution in [1.82, 2.24) is 0 Å². The van der Waals surface area contributed by atoms with Crippen LogP contribution in [0.25, 0.3) is 10.8 Å². The monoisotopic (exact) mass is 409 g/mol. The second-order valence-corrected chi connectivity index (χ2v) is 9.38. The van der Waals surface area contributed by atoms with Crippen LogP contribution >= 0.6 is 11.8 Å². The van der Waals surface area contributed by atoms with Crippen LogP contribution in [-0.2, 0) is 10.0 Å². The van der Waals surface area contributed by atoms with E-state index < -0.39 is 10.0 Å². The molecule has 0 atom stereocenters. The van der Waals surface area contributed by atoms with Crippen molar-refractivity contribution in [3.05, 3.63) is 66.2 Å². The first-order valence-corrected chi connectivity index (χ1v) is 11.1. The van der Waals surface area contributed by atoms with Crippen LogP contribution in [0.15, 0.2) is 70.0 Å². The third-order valence-electron chi connectivity index (χ3n) is 4.74. The standard InChI is InChI=1S/C20H15N3O3S2/c24-19(21-16-7-5-13-3-1-2-4-14(13)11-16)15-6-8-17-18(12-15)27-20-22-28(25,26)10-9-23(17)20/h1-8,11-12H,9-10H2,(H,21,24). The van der Waals surface area contributed by atoms with Gasteiger partial charge in [0.25, 0.3) is 15.9 Å². The molecule has 1 N–H and O–H groups in total. The van der Waals surface area contributed by atoms with Crippen molar-refractivity contribution in [2.24, 2.45) is 4.40 Å². The van der Waals surface area contributed by atoms with E-state index in [1.807, 2.05) is 53.4 Å². The third-order valence-corrected chi connectivity index (χ3v) is 7.05. The predicted molar refractivity (Wildman–Crippen MR) is 113 cm³/mol. The number of anilines is 2. The Kier molecular flexibility index (Phi) is 3.92. The summed E-state index contributed by atoms with van der Waals surface area (Å²) in [5, 5.41) is 5.55. The maximum absolute atomic E-state index is 12.7. The Morgan fingerprint density at radius 1 is 1.04 bits per heavy atom. The van der Waals surface area contributed by atoms with Crippen LogP contribution < -0.4 is 10.2 Å². The highest BCUT2D eigenvalue weighted by Gasteiger charge is 2.33. The Hall–Kier alpha value is -2.84. The molecule has 3 aromatic rings. The summed E-state index contributed by atoms with van der Waals surface area (Å²) in [4.78, 5) is 15.4. The van der Waals surface area contributed by atoms with Crippen LogP contribution in [0.3, 0.4) is 0 Å². The molecule has 6 nitrogen and oxygen atoms in total. The molecule has 0 fully saturated rings. The van der Waals surface area contributed by atoms with Crippen molar-refractivity contribution in [1.29, 1.82) is 0 Å². The minimum atomic E-state index is -3.39. The summed E-state index contributed by atoms with van der Waals surface area (Å²) in [5.41, 5.74) is 2.13. The van der Waals surface area contributed by atoms with E-state index in [1.165, 1.54) is 11.8 Å². The predicted octanol–water partition coefficient (Wildman–Crippen LogP) is 3.70. The van der Waals surface area contributed by atoms with Gasteiger partial charge in [-0.15, -0.1) is 4.40 Å². The van der Waals surface area contributed by atoms with E-state index in [9.17, 15) is 13.2 Å². The number of hydrogen-bond acceptors (Lipinski definition) is 5. The highest BCUT2D eigenvalue weighted by atomic mass is 32.2. The molecule has 2 heterocycles. The summed E-state index contributed by atoms with van der Waals surface area (Å²) in [6.45, 7) is 0.379. The summed E-state index contributed by atoms with van der Waals surface area (Å²) < 4.78 is 27.3. The van der Waals surface area contributed by atoms with Crippen molar-refractivity contribution in [3.8, 4) is 0 Å². The van der Waals surface area contributed by atoms with Crippen LogP contribution in [0.4, 0.5) is 11.4 Å². The molecule has 0 aromatic heterocycles. The number of amides is 1. The molecule has 0 saturated carbocycles. The molecule has 0 bridgehead atoms. The van der Waals surface area contributed by atoms with E-state index in [-0.39, 0.29) is 11.7 Å². The lowest BCUT2D eigenvalue weighted by molar-refractivity contribution is 0.102. The largest absolute Gasteiger partial charge is 0.322 e. The summed E-state index contributed by atoms with van der Waals surface area (Å²) >= 11 is 1.28. The minimum Gasteiger partial charge on any atom is -0.322 e. The van der Waals surface area contributed by atoms with Crippen LogP contribution in [0, 0.1) is 0 Å². The maximum Gasteiger partial charge on any atom is 0.257 e. The lowest BCUT2D eigenvalue weighted by Crippen LogP contribution is -2.35. The van der Waals surface area contributed by atoms with Gasteiger partial charge in [-0.2, -0.15) is 0 Å². The zero-order chi connectivity index (χ0) is 19.3. The highest BCUT2D eigenvalue weighted by molar-refractivity contribution is 8.15. The molecule has 5 rings (SSSR count). The van der Waals surface area contributed by atoms with E-state index >= 15 is 0 Å². The van der Waals surface area contributed by atoms with Gasteiger partial charge >= 0.3 is 0 Å². The lowest BCUT2D eigenvalue weighted by atomic mass is 10.1. The summed E-state index contributed by atoms with van der Waals surface area (Å²) in [5.74, 6) is -0.209. The van der Waals surface area contributed by atoms with E-state index in [0.29, 0.717) is 17.3 Å². The van der Waals surface area contributed by atoms with Gasteiger partial charge in [0.05, 0.1) is 11.4 Å². The number of fused-ring (bicyclic) bond motifs is 4. The number of amidine groups is 1. The zero-order valence-corrected chi connectivity index (χ0v) is 16.3. The van der Waals surface area contributed by atoms with Crippen molar-refractivity contribution in [3.63, 3.8) is 0 Å². The number of sulfonamides is 1. The lowest BCUT2D eigenvalue weighted by Gasteiger charge is -2.22. The molecule has 2 aliphatic heterocycles. The van der Waals surface area contributed by atoms with E-state index in [0.717, 1.165) is 27.0 Å². The Labute approximate surface area is 166 Å². The van der Waals surface area contributed by atoms with E-state index in [2.05, 4.69) is 9.71 Å². The summed E-state index contributed by atoms with van der Waals surface area (Å²) in [6.07, 6.45) is 0. The number of benzene rings is 3. The fourth-order valence-corrected chi connectivity index (χ4v) is 5.64. The smallest absolute Gasteiger partial charge is 0.257 e. The number of nitrogens with zero attached hydrogens (tertiary/aromatic N) is 2. The average molecular weight is 409 g/mol. The first-order valence-electron chi connectivity index (χ1n) is 8.71. The average Bonchev–Trinajstić information content (AvgIpc) is 3.03. The van der Waals surface area contributed by atoms with Gasteiger partial charge < -0.3 is 10.2 Å². The normalized spacial score (nSPS) is 17.0. The summed E-state index contributed by atoms with van der Waals surface area (Å²) in [7, 11) is -3.39. The van der Waals surface area contributed by atoms with Crippen molar-refractivity contribution in [2.45, 2.75) is 4.90 Å². The topological polar surface area (TPSA) is 78.8 Å². The molecular weight excluding hydrogens is 394 g/mol. The van der Waals surface area contributed by atoms with Gasteiger partial charge in [-0.1, -0.05) is 30.3 Å². The maximum atomic E-state index is 12.7. The second-order valence-electron chi connectivity index (χ2n) is 6.61. The Morgan fingerprint density at radius 3 is 2.71 bits per heavy atom. The second kappa shape index (κ2) is 6.35. The molecule has 0 saturated heterocycles.